The van der Waals surface area contributed by atoms with Gasteiger partial charge in [-0.25, -0.2) is 4.98 Å². The summed E-state index contributed by atoms with van der Waals surface area (Å²) in [5.41, 5.74) is 2.07. The third-order valence-electron chi connectivity index (χ3n) is 2.83. The first-order valence-corrected chi connectivity index (χ1v) is 7.50. The lowest BCUT2D eigenvalue weighted by Crippen LogP contribution is -2.24. The van der Waals surface area contributed by atoms with Crippen molar-refractivity contribution < 1.29 is 4.79 Å². The molecular formula is C15H19N3OS. The van der Waals surface area contributed by atoms with E-state index in [2.05, 4.69) is 15.6 Å². The Morgan fingerprint density at radius 1 is 1.30 bits per heavy atom. The average Bonchev–Trinajstić information content (AvgIpc) is 2.84. The van der Waals surface area contributed by atoms with Crippen molar-refractivity contribution in [3.8, 4) is 0 Å². The number of carbonyl (C=O) groups excluding carboxylic acids is 1. The van der Waals surface area contributed by atoms with Gasteiger partial charge in [-0.2, -0.15) is 0 Å². The van der Waals surface area contributed by atoms with Gasteiger partial charge in [0.15, 0.2) is 0 Å². The summed E-state index contributed by atoms with van der Waals surface area (Å²) in [6.45, 7) is 5.38. The highest BCUT2D eigenvalue weighted by molar-refractivity contribution is 7.11. The number of amides is 1. The molecule has 0 aliphatic heterocycles. The molecule has 0 bridgehead atoms. The predicted molar refractivity (Wildman–Crippen MR) is 83.0 cm³/mol. The summed E-state index contributed by atoms with van der Waals surface area (Å²) in [7, 11) is 0. The van der Waals surface area contributed by atoms with Crippen molar-refractivity contribution in [3.63, 3.8) is 0 Å². The smallest absolute Gasteiger partial charge is 0.224 e. The Labute approximate surface area is 123 Å². The van der Waals surface area contributed by atoms with E-state index >= 15 is 0 Å². The average molecular weight is 289 g/mol. The summed E-state index contributed by atoms with van der Waals surface area (Å²) in [5.74, 6) is 0.0633. The van der Waals surface area contributed by atoms with Gasteiger partial charge in [-0.3, -0.25) is 4.79 Å². The zero-order chi connectivity index (χ0) is 14.4. The second-order valence-electron chi connectivity index (χ2n) is 4.53. The molecule has 1 aromatic heterocycles. The molecule has 1 amide bonds. The molecule has 1 aromatic carbocycles. The Kier molecular flexibility index (Phi) is 5.12. The van der Waals surface area contributed by atoms with Crippen LogP contribution in [0.4, 0.5) is 5.69 Å². The van der Waals surface area contributed by atoms with Crippen molar-refractivity contribution in [2.75, 3.05) is 11.9 Å². The fraction of sp³-hybridized carbons (Fsp3) is 0.333. The summed E-state index contributed by atoms with van der Waals surface area (Å²) in [6, 6.07) is 7.97. The lowest BCUT2D eigenvalue weighted by molar-refractivity contribution is -0.120. The lowest BCUT2D eigenvalue weighted by Gasteiger charge is -2.06. The fourth-order valence-electron chi connectivity index (χ4n) is 1.86. The fourth-order valence-corrected chi connectivity index (χ4v) is 2.60. The summed E-state index contributed by atoms with van der Waals surface area (Å²) >= 11 is 1.70. The molecule has 0 saturated heterocycles. The van der Waals surface area contributed by atoms with Crippen molar-refractivity contribution in [2.24, 2.45) is 0 Å². The van der Waals surface area contributed by atoms with Crippen molar-refractivity contribution in [1.29, 1.82) is 0 Å². The minimum atomic E-state index is 0.0633. The molecule has 5 heteroatoms. The normalized spacial score (nSPS) is 10.3. The molecule has 1 heterocycles. The number of thiazole rings is 1. The van der Waals surface area contributed by atoms with Crippen LogP contribution >= 0.6 is 11.3 Å². The van der Waals surface area contributed by atoms with Crippen LogP contribution in [0.1, 0.15) is 22.4 Å². The second-order valence-corrected chi connectivity index (χ2v) is 5.85. The number of rotatable bonds is 6. The first kappa shape index (κ1) is 14.5. The molecule has 2 N–H and O–H groups in total. The number of hydrogen-bond acceptors (Lipinski definition) is 4. The van der Waals surface area contributed by atoms with Crippen LogP contribution in [-0.2, 0) is 17.8 Å². The number of anilines is 1. The number of aromatic nitrogens is 1. The van der Waals surface area contributed by atoms with Crippen LogP contribution in [-0.4, -0.2) is 17.4 Å². The van der Waals surface area contributed by atoms with Gasteiger partial charge in [0.05, 0.1) is 18.0 Å². The zero-order valence-corrected chi connectivity index (χ0v) is 12.6. The van der Waals surface area contributed by atoms with E-state index in [0.29, 0.717) is 13.0 Å². The molecule has 0 unspecified atom stereocenters. The highest BCUT2D eigenvalue weighted by Crippen LogP contribution is 2.15. The highest BCUT2D eigenvalue weighted by atomic mass is 32.1. The molecule has 0 fully saturated rings. The number of hydrogen-bond donors (Lipinski definition) is 2. The van der Waals surface area contributed by atoms with E-state index in [0.717, 1.165) is 22.8 Å². The van der Waals surface area contributed by atoms with Crippen LogP contribution < -0.4 is 10.6 Å². The van der Waals surface area contributed by atoms with Gasteiger partial charge < -0.3 is 10.6 Å². The molecule has 0 aliphatic carbocycles. The third kappa shape index (κ3) is 4.35. The molecule has 106 valence electrons. The molecular weight excluding hydrogens is 270 g/mol. The summed E-state index contributed by atoms with van der Waals surface area (Å²) in [4.78, 5) is 16.9. The number of nitrogens with zero attached hydrogens (tertiary/aromatic N) is 1. The Balaban J connectivity index is 1.86. The van der Waals surface area contributed by atoms with Crippen LogP contribution in [0.15, 0.2) is 30.5 Å². The molecule has 0 atom stereocenters. The Morgan fingerprint density at radius 2 is 2.05 bits per heavy atom. The SMILES string of the molecule is CCNC(=O)Cc1ccc(NCc2cnc(C)s2)cc1. The Hall–Kier alpha value is -1.88. The van der Waals surface area contributed by atoms with Crippen LogP contribution in [0, 0.1) is 6.92 Å². The van der Waals surface area contributed by atoms with Crippen LogP contribution in [0.25, 0.3) is 0 Å². The van der Waals surface area contributed by atoms with Crippen molar-refractivity contribution >= 4 is 22.9 Å². The molecule has 0 aliphatic rings. The number of benzene rings is 1. The van der Waals surface area contributed by atoms with Gasteiger partial charge in [0.1, 0.15) is 0 Å². The topological polar surface area (TPSA) is 54.0 Å². The minimum absolute atomic E-state index is 0.0633. The van der Waals surface area contributed by atoms with E-state index in [1.165, 1.54) is 4.88 Å². The minimum Gasteiger partial charge on any atom is -0.380 e. The number of likely N-dealkylation sites (N-methyl/N-ethyl adjacent to an activating group) is 1. The van der Waals surface area contributed by atoms with E-state index in [4.69, 9.17) is 0 Å². The van der Waals surface area contributed by atoms with E-state index < -0.39 is 0 Å². The zero-order valence-electron chi connectivity index (χ0n) is 11.8. The maximum absolute atomic E-state index is 11.5. The first-order chi connectivity index (χ1) is 9.67. The molecule has 20 heavy (non-hydrogen) atoms. The van der Waals surface area contributed by atoms with Gasteiger partial charge in [0.25, 0.3) is 0 Å². The van der Waals surface area contributed by atoms with Gasteiger partial charge in [-0.1, -0.05) is 12.1 Å². The van der Waals surface area contributed by atoms with Crippen LogP contribution in [0.5, 0.6) is 0 Å². The molecule has 0 spiro atoms. The third-order valence-corrected chi connectivity index (χ3v) is 3.74. The molecule has 2 rings (SSSR count). The number of aryl methyl sites for hydroxylation is 1. The molecule has 0 radical (unpaired) electrons. The summed E-state index contributed by atoms with van der Waals surface area (Å²) < 4.78 is 0. The molecule has 0 saturated carbocycles. The lowest BCUT2D eigenvalue weighted by atomic mass is 10.1. The highest BCUT2D eigenvalue weighted by Gasteiger charge is 2.02. The maximum atomic E-state index is 11.5. The first-order valence-electron chi connectivity index (χ1n) is 6.68. The van der Waals surface area contributed by atoms with Gasteiger partial charge in [0, 0.05) is 23.3 Å². The van der Waals surface area contributed by atoms with Crippen molar-refractivity contribution in [3.05, 3.63) is 45.9 Å². The Bertz CT molecular complexity index is 563. The summed E-state index contributed by atoms with van der Waals surface area (Å²) in [6.07, 6.45) is 2.33. The monoisotopic (exact) mass is 289 g/mol. The number of carbonyl (C=O) groups is 1. The van der Waals surface area contributed by atoms with Crippen molar-refractivity contribution in [1.82, 2.24) is 10.3 Å². The van der Waals surface area contributed by atoms with E-state index in [1.807, 2.05) is 44.3 Å². The van der Waals surface area contributed by atoms with Crippen LogP contribution in [0.2, 0.25) is 0 Å². The van der Waals surface area contributed by atoms with Crippen LogP contribution in [0.3, 0.4) is 0 Å². The predicted octanol–water partition coefficient (Wildman–Crippen LogP) is 2.74. The van der Waals surface area contributed by atoms with E-state index in [-0.39, 0.29) is 5.91 Å². The standard InChI is InChI=1S/C15H19N3OS/c1-3-16-15(19)8-12-4-6-13(7-5-12)18-10-14-9-17-11(2)20-14/h4-7,9,18H,3,8,10H2,1-2H3,(H,16,19). The molecule has 2 aromatic rings. The van der Waals surface area contributed by atoms with Gasteiger partial charge in [0.2, 0.25) is 5.91 Å². The molecule has 4 nitrogen and oxygen atoms in total. The second kappa shape index (κ2) is 7.05. The van der Waals surface area contributed by atoms with E-state index in [1.54, 1.807) is 11.3 Å². The van der Waals surface area contributed by atoms with Gasteiger partial charge in [-0.15, -0.1) is 11.3 Å². The Morgan fingerprint density at radius 3 is 2.65 bits per heavy atom. The quantitative estimate of drug-likeness (QED) is 0.859. The van der Waals surface area contributed by atoms with Crippen molar-refractivity contribution in [2.45, 2.75) is 26.8 Å². The largest absolute Gasteiger partial charge is 0.380 e. The van der Waals surface area contributed by atoms with Gasteiger partial charge >= 0.3 is 0 Å². The van der Waals surface area contributed by atoms with Gasteiger partial charge in [-0.05, 0) is 31.5 Å². The maximum Gasteiger partial charge on any atom is 0.224 e. The summed E-state index contributed by atoms with van der Waals surface area (Å²) in [5, 5.41) is 7.23. The number of nitrogens with one attached hydrogen (secondary N) is 2. The van der Waals surface area contributed by atoms with E-state index in [9.17, 15) is 4.79 Å².